The second-order valence-corrected chi connectivity index (χ2v) is 7.71. The summed E-state index contributed by atoms with van der Waals surface area (Å²) in [7, 11) is 1.35. The van der Waals surface area contributed by atoms with Gasteiger partial charge in [0.05, 0.1) is 18.4 Å². The van der Waals surface area contributed by atoms with Crippen molar-refractivity contribution < 1.29 is 14.3 Å². The van der Waals surface area contributed by atoms with Crippen molar-refractivity contribution in [3.05, 3.63) is 60.8 Å². The molecule has 0 aliphatic rings. The molecule has 0 unspecified atom stereocenters. The van der Waals surface area contributed by atoms with Crippen LogP contribution in [-0.4, -0.2) is 22.5 Å². The summed E-state index contributed by atoms with van der Waals surface area (Å²) in [5, 5.41) is 0. The number of rotatable bonds is 4. The molecule has 0 aliphatic heterocycles. The second kappa shape index (κ2) is 7.47. The van der Waals surface area contributed by atoms with Gasteiger partial charge < -0.3 is 9.47 Å². The first kappa shape index (κ1) is 18.4. The Hall–Kier alpha value is -1.38. The molecule has 0 fully saturated rings. The van der Waals surface area contributed by atoms with E-state index in [0.29, 0.717) is 17.9 Å². The quantitative estimate of drug-likeness (QED) is 0.428. The molecular weight excluding hydrogens is 520 g/mol. The van der Waals surface area contributed by atoms with E-state index >= 15 is 0 Å². The predicted molar refractivity (Wildman–Crippen MR) is 105 cm³/mol. The molecule has 1 aromatic carbocycles. The Morgan fingerprint density at radius 1 is 1.24 bits per heavy atom. The minimum atomic E-state index is -0.392. The highest BCUT2D eigenvalue weighted by Crippen LogP contribution is 2.31. The van der Waals surface area contributed by atoms with Gasteiger partial charge in [-0.25, -0.2) is 9.78 Å². The lowest BCUT2D eigenvalue weighted by Gasteiger charge is -2.12. The molecule has 0 aliphatic carbocycles. The summed E-state index contributed by atoms with van der Waals surface area (Å²) in [6.45, 7) is 2.24. The third-order valence-electron chi connectivity index (χ3n) is 3.65. The predicted octanol–water partition coefficient (Wildman–Crippen LogP) is 5.30. The monoisotopic (exact) mass is 530 g/mol. The molecule has 0 amide bonds. The van der Waals surface area contributed by atoms with Crippen LogP contribution in [0.1, 0.15) is 21.6 Å². The molecule has 0 spiro atoms. The SMILES string of the molecule is COC(=O)c1cc(Br)c(COc2cccn3c(Br)c(C)nc23)c(Br)c1. The molecule has 5 nitrogen and oxygen atoms in total. The molecule has 3 aromatic rings. The Kier molecular flexibility index (Phi) is 5.50. The molecule has 0 bridgehead atoms. The van der Waals surface area contributed by atoms with Gasteiger partial charge in [-0.05, 0) is 47.1 Å². The highest BCUT2D eigenvalue weighted by molar-refractivity contribution is 9.11. The molecule has 0 saturated heterocycles. The summed E-state index contributed by atoms with van der Waals surface area (Å²) < 4.78 is 15.1. The van der Waals surface area contributed by atoms with Gasteiger partial charge in [-0.15, -0.1) is 0 Å². The molecular formula is C17H13Br3N2O3. The number of aromatic nitrogens is 2. The van der Waals surface area contributed by atoms with Crippen LogP contribution in [0.4, 0.5) is 0 Å². The van der Waals surface area contributed by atoms with E-state index in [4.69, 9.17) is 9.47 Å². The van der Waals surface area contributed by atoms with Gasteiger partial charge in [-0.2, -0.15) is 0 Å². The molecule has 130 valence electrons. The summed E-state index contributed by atoms with van der Waals surface area (Å²) in [6.07, 6.45) is 1.92. The standard InChI is InChI=1S/C17H13Br3N2O3/c1-9-15(20)22-5-3-4-14(16(22)21-9)25-8-11-12(18)6-10(7-13(11)19)17(23)24-2/h3-7H,8H2,1-2H3. The van der Waals surface area contributed by atoms with Gasteiger partial charge in [0.1, 0.15) is 11.2 Å². The second-order valence-electron chi connectivity index (χ2n) is 5.25. The van der Waals surface area contributed by atoms with Crippen molar-refractivity contribution in [1.29, 1.82) is 0 Å². The van der Waals surface area contributed by atoms with E-state index in [1.165, 1.54) is 7.11 Å². The number of hydrogen-bond acceptors (Lipinski definition) is 4. The first-order chi connectivity index (χ1) is 11.9. The number of carbonyl (C=O) groups is 1. The van der Waals surface area contributed by atoms with E-state index in [0.717, 1.165) is 30.5 Å². The van der Waals surface area contributed by atoms with E-state index in [9.17, 15) is 4.79 Å². The smallest absolute Gasteiger partial charge is 0.337 e. The van der Waals surface area contributed by atoms with Gasteiger partial charge in [0.15, 0.2) is 11.4 Å². The van der Waals surface area contributed by atoms with E-state index < -0.39 is 5.97 Å². The summed E-state index contributed by atoms with van der Waals surface area (Å²) in [6, 6.07) is 7.20. The average Bonchev–Trinajstić information content (AvgIpc) is 2.88. The normalized spacial score (nSPS) is 10.9. The third-order valence-corrected chi connectivity index (χ3v) is 6.02. The topological polar surface area (TPSA) is 52.8 Å². The number of hydrogen-bond donors (Lipinski definition) is 0. The van der Waals surface area contributed by atoms with Crippen LogP contribution in [0.15, 0.2) is 44.0 Å². The Labute approximate surface area is 169 Å². The van der Waals surface area contributed by atoms with Crippen molar-refractivity contribution in [3.8, 4) is 5.75 Å². The van der Waals surface area contributed by atoms with E-state index in [-0.39, 0.29) is 0 Å². The van der Waals surface area contributed by atoms with Crippen molar-refractivity contribution >= 4 is 59.4 Å². The number of fused-ring (bicyclic) bond motifs is 1. The Morgan fingerprint density at radius 2 is 1.92 bits per heavy atom. The van der Waals surface area contributed by atoms with Gasteiger partial charge in [0, 0.05) is 20.7 Å². The molecule has 0 N–H and O–H groups in total. The first-order valence-electron chi connectivity index (χ1n) is 7.24. The molecule has 0 radical (unpaired) electrons. The summed E-state index contributed by atoms with van der Waals surface area (Å²) >= 11 is 10.5. The van der Waals surface area contributed by atoms with Crippen LogP contribution in [-0.2, 0) is 11.3 Å². The van der Waals surface area contributed by atoms with Crippen LogP contribution in [0.3, 0.4) is 0 Å². The first-order valence-corrected chi connectivity index (χ1v) is 9.62. The Bertz CT molecular complexity index is 946. The maximum absolute atomic E-state index is 11.7. The van der Waals surface area contributed by atoms with Crippen molar-refractivity contribution in [2.24, 2.45) is 0 Å². The van der Waals surface area contributed by atoms with Crippen molar-refractivity contribution in [2.75, 3.05) is 7.11 Å². The van der Waals surface area contributed by atoms with E-state index in [2.05, 4.69) is 52.8 Å². The lowest BCUT2D eigenvalue weighted by atomic mass is 10.1. The number of pyridine rings is 1. The zero-order valence-electron chi connectivity index (χ0n) is 13.3. The third kappa shape index (κ3) is 3.61. The summed E-state index contributed by atoms with van der Waals surface area (Å²) in [5.41, 5.74) is 2.98. The van der Waals surface area contributed by atoms with Gasteiger partial charge in [-0.3, -0.25) is 4.40 Å². The number of esters is 1. The van der Waals surface area contributed by atoms with Gasteiger partial charge in [-0.1, -0.05) is 31.9 Å². The largest absolute Gasteiger partial charge is 0.485 e. The molecule has 0 atom stereocenters. The zero-order valence-corrected chi connectivity index (χ0v) is 18.1. The van der Waals surface area contributed by atoms with E-state index in [1.807, 2.05) is 29.7 Å². The number of carbonyl (C=O) groups excluding carboxylic acids is 1. The number of ether oxygens (including phenoxy) is 2. The number of halogens is 3. The highest BCUT2D eigenvalue weighted by Gasteiger charge is 2.15. The summed E-state index contributed by atoms with van der Waals surface area (Å²) in [5.74, 6) is 0.281. The van der Waals surface area contributed by atoms with Gasteiger partial charge >= 0.3 is 5.97 Å². The van der Waals surface area contributed by atoms with Crippen molar-refractivity contribution in [3.63, 3.8) is 0 Å². The molecule has 3 rings (SSSR count). The fraction of sp³-hybridized carbons (Fsp3) is 0.176. The Balaban J connectivity index is 1.90. The van der Waals surface area contributed by atoms with Crippen molar-refractivity contribution in [1.82, 2.24) is 9.38 Å². The van der Waals surface area contributed by atoms with Crippen LogP contribution < -0.4 is 4.74 Å². The number of benzene rings is 1. The number of aryl methyl sites for hydroxylation is 1. The minimum absolute atomic E-state index is 0.311. The van der Waals surface area contributed by atoms with E-state index in [1.54, 1.807) is 12.1 Å². The fourth-order valence-corrected chi connectivity index (χ4v) is 4.16. The van der Waals surface area contributed by atoms with Crippen molar-refractivity contribution in [2.45, 2.75) is 13.5 Å². The molecule has 2 aromatic heterocycles. The minimum Gasteiger partial charge on any atom is -0.485 e. The number of imidazole rings is 1. The van der Waals surface area contributed by atoms with Gasteiger partial charge in [0.2, 0.25) is 0 Å². The van der Waals surface area contributed by atoms with Crippen LogP contribution in [0, 0.1) is 6.92 Å². The lowest BCUT2D eigenvalue weighted by molar-refractivity contribution is 0.0600. The average molecular weight is 533 g/mol. The number of methoxy groups -OCH3 is 1. The molecule has 25 heavy (non-hydrogen) atoms. The lowest BCUT2D eigenvalue weighted by Crippen LogP contribution is -2.04. The van der Waals surface area contributed by atoms with Crippen LogP contribution >= 0.6 is 47.8 Å². The fourth-order valence-electron chi connectivity index (χ4n) is 2.37. The Morgan fingerprint density at radius 3 is 2.56 bits per heavy atom. The molecule has 8 heteroatoms. The maximum atomic E-state index is 11.7. The van der Waals surface area contributed by atoms with Crippen LogP contribution in [0.25, 0.3) is 5.65 Å². The van der Waals surface area contributed by atoms with Gasteiger partial charge in [0.25, 0.3) is 0 Å². The molecule has 0 saturated carbocycles. The highest BCUT2D eigenvalue weighted by atomic mass is 79.9. The maximum Gasteiger partial charge on any atom is 0.337 e. The zero-order chi connectivity index (χ0) is 18.1. The van der Waals surface area contributed by atoms with Crippen LogP contribution in [0.2, 0.25) is 0 Å². The van der Waals surface area contributed by atoms with Crippen LogP contribution in [0.5, 0.6) is 5.75 Å². The number of nitrogens with zero attached hydrogens (tertiary/aromatic N) is 2. The molecule has 2 heterocycles. The summed E-state index contributed by atoms with van der Waals surface area (Å²) in [4.78, 5) is 16.2.